The van der Waals surface area contributed by atoms with Gasteiger partial charge >= 0.3 is 0 Å². The van der Waals surface area contributed by atoms with Crippen molar-refractivity contribution < 1.29 is 4.42 Å². The second-order valence-electron chi connectivity index (χ2n) is 17.6. The third-order valence-corrected chi connectivity index (χ3v) is 14.7. The van der Waals surface area contributed by atoms with E-state index in [1.807, 2.05) is 23.5 Å². The lowest BCUT2D eigenvalue weighted by atomic mass is 9.89. The summed E-state index contributed by atoms with van der Waals surface area (Å²) in [6.07, 6.45) is 0. The zero-order valence-electron chi connectivity index (χ0n) is 37.1. The summed E-state index contributed by atoms with van der Waals surface area (Å²) < 4.78 is 9.14. The molecule has 0 aliphatic heterocycles. The molecule has 13 aromatic rings. The normalized spacial score (nSPS) is 11.5. The number of furan rings is 1. The highest BCUT2D eigenvalue weighted by Gasteiger charge is 2.16. The number of hydrogen-bond donors (Lipinski definition) is 0. The summed E-state index contributed by atoms with van der Waals surface area (Å²) in [5.41, 5.74) is 20.6. The van der Waals surface area contributed by atoms with Crippen LogP contribution in [0.4, 0.5) is 0 Å². The molecule has 2 heterocycles. The highest BCUT2D eigenvalue weighted by Crippen LogP contribution is 2.43. The van der Waals surface area contributed by atoms with Crippen LogP contribution in [0.2, 0.25) is 0 Å². The first-order valence-corrected chi connectivity index (χ1v) is 24.0. The van der Waals surface area contributed by atoms with Crippen LogP contribution in [0.5, 0.6) is 0 Å². The number of para-hydroxylation sites is 2. The van der Waals surface area contributed by atoms with Crippen LogP contribution < -0.4 is 0 Å². The summed E-state index contributed by atoms with van der Waals surface area (Å²) in [7, 11) is 0. The number of thiophene rings is 1. The molecule has 0 N–H and O–H groups in total. The van der Waals surface area contributed by atoms with Crippen LogP contribution in [0.1, 0.15) is 0 Å². The zero-order chi connectivity index (χ0) is 45.0. The summed E-state index contributed by atoms with van der Waals surface area (Å²) in [5.74, 6) is 0. The van der Waals surface area contributed by atoms with Crippen molar-refractivity contribution in [2.45, 2.75) is 0 Å². The lowest BCUT2D eigenvalue weighted by Crippen LogP contribution is -1.89. The zero-order valence-corrected chi connectivity index (χ0v) is 37.9. The third-order valence-electron chi connectivity index (χ3n) is 13.4. The van der Waals surface area contributed by atoms with E-state index in [0.29, 0.717) is 0 Å². The molecule has 2 aromatic heterocycles. The van der Waals surface area contributed by atoms with Crippen molar-refractivity contribution in [1.29, 1.82) is 0 Å². The number of benzene rings is 11. The molecule has 2 heteroatoms. The van der Waals surface area contributed by atoms with Crippen LogP contribution in [0, 0.1) is 0 Å². The molecule has 0 bridgehead atoms. The molecule has 0 fully saturated rings. The molecule has 0 amide bonds. The standard InChI is InChI=1S/C66H42OS/c1-3-16-43(17-4-1)51-37-53(41-55(39-51)47-22-12-24-49(35-47)57-28-14-30-61-59-26-7-9-32-63(59)67-65(57)61)45-20-11-21-46(34-45)54-38-52(44-18-5-2-6-19-44)40-56(42-54)48-23-13-25-50(36-48)58-29-15-31-62-60-27-8-10-33-64(60)68-66(58)62/h1-42H. The van der Waals surface area contributed by atoms with Gasteiger partial charge in [0.25, 0.3) is 0 Å². The minimum absolute atomic E-state index is 0.905. The summed E-state index contributed by atoms with van der Waals surface area (Å²) in [6.45, 7) is 0. The molecule has 68 heavy (non-hydrogen) atoms. The van der Waals surface area contributed by atoms with Gasteiger partial charge in [-0.25, -0.2) is 0 Å². The Morgan fingerprint density at radius 1 is 0.235 bits per heavy atom. The van der Waals surface area contributed by atoms with E-state index in [4.69, 9.17) is 4.42 Å². The second-order valence-corrected chi connectivity index (χ2v) is 18.7. The lowest BCUT2D eigenvalue weighted by Gasteiger charge is -2.15. The molecule has 11 aromatic carbocycles. The molecule has 0 aliphatic carbocycles. The van der Waals surface area contributed by atoms with Crippen molar-refractivity contribution in [1.82, 2.24) is 0 Å². The maximum absolute atomic E-state index is 6.50. The van der Waals surface area contributed by atoms with Crippen LogP contribution >= 0.6 is 11.3 Å². The quantitative estimate of drug-likeness (QED) is 0.148. The summed E-state index contributed by atoms with van der Waals surface area (Å²) >= 11 is 1.88. The number of hydrogen-bond acceptors (Lipinski definition) is 2. The Balaban J connectivity index is 0.920. The highest BCUT2D eigenvalue weighted by molar-refractivity contribution is 7.26. The van der Waals surface area contributed by atoms with Crippen molar-refractivity contribution >= 4 is 53.4 Å². The van der Waals surface area contributed by atoms with Crippen LogP contribution in [-0.2, 0) is 0 Å². The fourth-order valence-corrected chi connectivity index (χ4v) is 11.3. The molecule has 0 saturated heterocycles. The van der Waals surface area contributed by atoms with E-state index in [9.17, 15) is 0 Å². The van der Waals surface area contributed by atoms with Crippen molar-refractivity contribution in [3.8, 4) is 89.0 Å². The van der Waals surface area contributed by atoms with E-state index in [1.165, 1.54) is 75.8 Å². The maximum Gasteiger partial charge on any atom is 0.143 e. The van der Waals surface area contributed by atoms with Gasteiger partial charge in [-0.15, -0.1) is 11.3 Å². The first kappa shape index (κ1) is 39.8. The summed E-state index contributed by atoms with van der Waals surface area (Å²) in [6, 6.07) is 92.8. The van der Waals surface area contributed by atoms with Gasteiger partial charge in [-0.2, -0.15) is 0 Å². The summed E-state index contributed by atoms with van der Waals surface area (Å²) in [5, 5.41) is 4.90. The van der Waals surface area contributed by atoms with E-state index >= 15 is 0 Å². The van der Waals surface area contributed by atoms with Crippen LogP contribution in [0.15, 0.2) is 259 Å². The summed E-state index contributed by atoms with van der Waals surface area (Å²) in [4.78, 5) is 0. The van der Waals surface area contributed by atoms with Crippen molar-refractivity contribution in [2.24, 2.45) is 0 Å². The Hall–Kier alpha value is -8.56. The van der Waals surface area contributed by atoms with E-state index in [2.05, 4.69) is 243 Å². The van der Waals surface area contributed by atoms with Crippen LogP contribution in [-0.4, -0.2) is 0 Å². The third kappa shape index (κ3) is 7.20. The fraction of sp³-hybridized carbons (Fsp3) is 0. The molecule has 0 spiro atoms. The average molecular weight is 883 g/mol. The van der Waals surface area contributed by atoms with Gasteiger partial charge in [0, 0.05) is 36.5 Å². The fourth-order valence-electron chi connectivity index (χ4n) is 10.1. The van der Waals surface area contributed by atoms with Gasteiger partial charge in [0.1, 0.15) is 11.2 Å². The van der Waals surface area contributed by atoms with E-state index in [0.717, 1.165) is 55.3 Å². The van der Waals surface area contributed by atoms with E-state index in [-0.39, 0.29) is 0 Å². The van der Waals surface area contributed by atoms with Gasteiger partial charge in [-0.05, 0) is 150 Å². The second kappa shape index (κ2) is 16.7. The maximum atomic E-state index is 6.50. The SMILES string of the molecule is c1ccc(-c2cc(-c3cccc(-c4cc(-c5ccccc5)cc(-c5cccc(-c6cccc7c6sc6ccccc67)c5)c4)c3)cc(-c3cccc(-c4cccc5c4oc4ccccc45)c3)c2)cc1. The number of rotatable bonds is 8. The molecule has 0 atom stereocenters. The predicted molar refractivity (Wildman–Crippen MR) is 290 cm³/mol. The first-order valence-electron chi connectivity index (χ1n) is 23.2. The van der Waals surface area contributed by atoms with Crippen molar-refractivity contribution in [3.05, 3.63) is 255 Å². The predicted octanol–water partition coefficient (Wildman–Crippen LogP) is 19.3. The van der Waals surface area contributed by atoms with Crippen molar-refractivity contribution in [3.63, 3.8) is 0 Å². The molecule has 1 nitrogen and oxygen atoms in total. The topological polar surface area (TPSA) is 13.1 Å². The molecule has 318 valence electrons. The van der Waals surface area contributed by atoms with E-state index in [1.54, 1.807) is 0 Å². The Morgan fingerprint density at radius 3 is 1.18 bits per heavy atom. The number of fused-ring (bicyclic) bond motifs is 6. The molecule has 0 radical (unpaired) electrons. The van der Waals surface area contributed by atoms with Crippen LogP contribution in [0.3, 0.4) is 0 Å². The lowest BCUT2D eigenvalue weighted by molar-refractivity contribution is 0.670. The Morgan fingerprint density at radius 2 is 0.603 bits per heavy atom. The van der Waals surface area contributed by atoms with Gasteiger partial charge in [-0.1, -0.05) is 188 Å². The molecule has 0 unspecified atom stereocenters. The van der Waals surface area contributed by atoms with Crippen LogP contribution in [0.25, 0.3) is 131 Å². The minimum atomic E-state index is 0.905. The largest absolute Gasteiger partial charge is 0.455 e. The van der Waals surface area contributed by atoms with Gasteiger partial charge in [0.15, 0.2) is 0 Å². The average Bonchev–Trinajstić information content (AvgIpc) is 4.00. The Labute approximate surface area is 399 Å². The monoisotopic (exact) mass is 882 g/mol. The molecular formula is C66H42OS. The van der Waals surface area contributed by atoms with Gasteiger partial charge in [-0.3, -0.25) is 0 Å². The van der Waals surface area contributed by atoms with Gasteiger partial charge < -0.3 is 4.42 Å². The minimum Gasteiger partial charge on any atom is -0.455 e. The van der Waals surface area contributed by atoms with Gasteiger partial charge in [0.2, 0.25) is 0 Å². The van der Waals surface area contributed by atoms with E-state index < -0.39 is 0 Å². The Kier molecular flexibility index (Phi) is 9.77. The molecule has 13 rings (SSSR count). The first-order chi connectivity index (χ1) is 33.7. The molecular weight excluding hydrogens is 841 g/mol. The smallest absolute Gasteiger partial charge is 0.143 e. The molecule has 0 saturated carbocycles. The van der Waals surface area contributed by atoms with Crippen molar-refractivity contribution in [2.75, 3.05) is 0 Å². The molecule has 0 aliphatic rings. The highest BCUT2D eigenvalue weighted by atomic mass is 32.1. The Bertz CT molecular complexity index is 3760. The van der Waals surface area contributed by atoms with Gasteiger partial charge in [0.05, 0.1) is 0 Å².